The zero-order chi connectivity index (χ0) is 23.5. The highest BCUT2D eigenvalue weighted by atomic mass is 19.1. The van der Waals surface area contributed by atoms with Gasteiger partial charge in [-0.1, -0.05) is 12.1 Å². The van der Waals surface area contributed by atoms with Crippen molar-refractivity contribution in [3.8, 4) is 11.8 Å². The first-order valence-electron chi connectivity index (χ1n) is 10.1. The van der Waals surface area contributed by atoms with Crippen LogP contribution in [0.4, 0.5) is 21.5 Å². The van der Waals surface area contributed by atoms with Crippen molar-refractivity contribution in [1.82, 2.24) is 14.8 Å². The molecule has 0 saturated heterocycles. The first-order valence-corrected chi connectivity index (χ1v) is 10.1. The van der Waals surface area contributed by atoms with Crippen LogP contribution in [0.25, 0.3) is 5.69 Å². The molecule has 166 valence electrons. The normalized spacial score (nSPS) is 12.4. The van der Waals surface area contributed by atoms with Crippen LogP contribution in [0.5, 0.6) is 0 Å². The third-order valence-electron chi connectivity index (χ3n) is 5.33. The molecule has 3 aromatic rings. The van der Waals surface area contributed by atoms with Gasteiger partial charge in [0.1, 0.15) is 35.8 Å². The van der Waals surface area contributed by atoms with Gasteiger partial charge in [0.15, 0.2) is 11.6 Å². The Kier molecular flexibility index (Phi) is 5.87. The Bertz CT molecular complexity index is 1260. The minimum absolute atomic E-state index is 0.0211. The van der Waals surface area contributed by atoms with E-state index in [2.05, 4.69) is 15.4 Å². The Hall–Kier alpha value is -4.52. The first kappa shape index (κ1) is 21.7. The molecule has 2 aromatic carbocycles. The summed E-state index contributed by atoms with van der Waals surface area (Å²) < 4.78 is 15.6. The summed E-state index contributed by atoms with van der Waals surface area (Å²) in [5, 5.41) is 16.1. The van der Waals surface area contributed by atoms with E-state index >= 15 is 0 Å². The lowest BCUT2D eigenvalue weighted by Crippen LogP contribution is -2.26. The number of hydrogen-bond donors (Lipinski definition) is 1. The van der Waals surface area contributed by atoms with E-state index in [9.17, 15) is 19.2 Å². The van der Waals surface area contributed by atoms with Crippen molar-refractivity contribution in [3.63, 3.8) is 0 Å². The number of aromatic nitrogens is 3. The molecule has 1 amide bonds. The number of anilines is 3. The Morgan fingerprint density at radius 1 is 1.06 bits per heavy atom. The van der Waals surface area contributed by atoms with Gasteiger partial charge in [0.2, 0.25) is 5.91 Å². The molecule has 10 heteroatoms. The minimum atomic E-state index is -0.585. The van der Waals surface area contributed by atoms with Crippen molar-refractivity contribution >= 4 is 28.8 Å². The third kappa shape index (κ3) is 4.16. The fraction of sp³-hybridized carbons (Fsp3) is 0.174. The summed E-state index contributed by atoms with van der Waals surface area (Å²) in [5.41, 5.74) is 2.18. The molecule has 2 heterocycles. The first-order chi connectivity index (χ1) is 15.9. The fourth-order valence-corrected chi connectivity index (χ4v) is 3.74. The van der Waals surface area contributed by atoms with Crippen molar-refractivity contribution < 1.29 is 14.0 Å². The monoisotopic (exact) mass is 445 g/mol. The second-order valence-corrected chi connectivity index (χ2v) is 7.39. The van der Waals surface area contributed by atoms with Crippen LogP contribution in [0.3, 0.4) is 0 Å². The number of carbonyl (C=O) groups is 2. The van der Waals surface area contributed by atoms with Crippen LogP contribution in [-0.4, -0.2) is 40.6 Å². The van der Waals surface area contributed by atoms with Crippen LogP contribution < -0.4 is 15.1 Å². The molecule has 0 radical (unpaired) electrons. The number of hydrogen-bond acceptors (Lipinski definition) is 7. The Morgan fingerprint density at radius 3 is 2.33 bits per heavy atom. The van der Waals surface area contributed by atoms with E-state index < -0.39 is 17.5 Å². The molecule has 1 aliphatic heterocycles. The minimum Gasteiger partial charge on any atom is -0.328 e. The van der Waals surface area contributed by atoms with Crippen LogP contribution in [0.2, 0.25) is 0 Å². The maximum atomic E-state index is 14.3. The summed E-state index contributed by atoms with van der Waals surface area (Å²) in [6, 6.07) is 13.7. The van der Waals surface area contributed by atoms with Gasteiger partial charge in [-0.2, -0.15) is 10.4 Å². The number of ketones is 1. The van der Waals surface area contributed by atoms with Gasteiger partial charge in [0.25, 0.3) is 0 Å². The number of carbonyl (C=O) groups excluding carboxylic acids is 2. The van der Waals surface area contributed by atoms with Gasteiger partial charge in [-0.15, -0.1) is 0 Å². The maximum Gasteiger partial charge on any atom is 0.224 e. The predicted molar refractivity (Wildman–Crippen MR) is 120 cm³/mol. The lowest BCUT2D eigenvalue weighted by Gasteiger charge is -2.19. The van der Waals surface area contributed by atoms with Crippen molar-refractivity contribution in [3.05, 3.63) is 72.3 Å². The number of nitrogens with zero attached hydrogens (tertiary/aromatic N) is 6. The number of benzene rings is 2. The Balaban J connectivity index is 1.42. The number of amides is 1. The van der Waals surface area contributed by atoms with E-state index in [0.717, 1.165) is 11.4 Å². The molecule has 9 nitrogen and oxygen atoms in total. The van der Waals surface area contributed by atoms with Gasteiger partial charge in [-0.25, -0.2) is 14.1 Å². The molecule has 0 spiro atoms. The lowest BCUT2D eigenvalue weighted by molar-refractivity contribution is -0.120. The van der Waals surface area contributed by atoms with Crippen molar-refractivity contribution in [2.45, 2.75) is 12.8 Å². The predicted octanol–water partition coefficient (Wildman–Crippen LogP) is 3.02. The van der Waals surface area contributed by atoms with Crippen LogP contribution in [0.15, 0.2) is 66.5 Å². The zero-order valence-corrected chi connectivity index (χ0v) is 18.0. The number of halogens is 1. The molecule has 4 rings (SSSR count). The van der Waals surface area contributed by atoms with E-state index in [1.54, 1.807) is 23.9 Å². The summed E-state index contributed by atoms with van der Waals surface area (Å²) in [7, 11) is 3.57. The van der Waals surface area contributed by atoms with Crippen LogP contribution in [0.1, 0.15) is 12.8 Å². The van der Waals surface area contributed by atoms with Gasteiger partial charge in [0.05, 0.1) is 11.4 Å². The number of allylic oxidation sites excluding steroid dienone is 1. The van der Waals surface area contributed by atoms with Gasteiger partial charge in [-0.05, 0) is 30.3 Å². The summed E-state index contributed by atoms with van der Waals surface area (Å²) >= 11 is 0. The third-order valence-corrected chi connectivity index (χ3v) is 5.33. The van der Waals surface area contributed by atoms with E-state index in [1.807, 2.05) is 30.3 Å². The summed E-state index contributed by atoms with van der Waals surface area (Å²) in [4.78, 5) is 32.5. The highest BCUT2D eigenvalue weighted by Crippen LogP contribution is 2.40. The van der Waals surface area contributed by atoms with Gasteiger partial charge < -0.3 is 15.1 Å². The molecule has 0 unspecified atom stereocenters. The van der Waals surface area contributed by atoms with Crippen molar-refractivity contribution in [2.75, 3.05) is 29.2 Å². The molecule has 0 saturated carbocycles. The topological polar surface area (TPSA) is 107 Å². The second-order valence-electron chi connectivity index (χ2n) is 7.39. The van der Waals surface area contributed by atoms with Crippen LogP contribution in [0, 0.1) is 17.1 Å². The summed E-state index contributed by atoms with van der Waals surface area (Å²) in [5.74, 6) is -1.02. The number of rotatable bonds is 6. The molecule has 33 heavy (non-hydrogen) atoms. The molecule has 1 aromatic heterocycles. The smallest absolute Gasteiger partial charge is 0.224 e. The average Bonchev–Trinajstić information content (AvgIpc) is 3.42. The summed E-state index contributed by atoms with van der Waals surface area (Å²) in [6.45, 7) is 0. The second kappa shape index (κ2) is 8.92. The molecule has 0 bridgehead atoms. The highest BCUT2D eigenvalue weighted by molar-refractivity contribution is 6.04. The van der Waals surface area contributed by atoms with E-state index in [4.69, 9.17) is 0 Å². The molecule has 0 fully saturated rings. The highest BCUT2D eigenvalue weighted by Gasteiger charge is 2.31. The van der Waals surface area contributed by atoms with E-state index in [0.29, 0.717) is 5.82 Å². The van der Waals surface area contributed by atoms with Gasteiger partial charge >= 0.3 is 0 Å². The van der Waals surface area contributed by atoms with E-state index in [-0.39, 0.29) is 29.8 Å². The SMILES string of the molecule is CN1C(=C(C#N)C(=O)CCC(=O)Nc2ccc(-n3cncn3)c(F)c2)N(C)c2ccccc21. The van der Waals surface area contributed by atoms with Crippen LogP contribution >= 0.6 is 0 Å². The molecule has 0 atom stereocenters. The van der Waals surface area contributed by atoms with Gasteiger partial charge in [-0.3, -0.25) is 9.59 Å². The molecule has 1 N–H and O–H groups in total. The Morgan fingerprint density at radius 2 is 1.76 bits per heavy atom. The number of para-hydroxylation sites is 2. The number of Topliss-reactive ketones (excluding diaryl/α,β-unsaturated/α-hetero) is 1. The molecule has 1 aliphatic rings. The molecular weight excluding hydrogens is 425 g/mol. The number of nitrogens with one attached hydrogen (secondary N) is 1. The molecular formula is C23H20FN7O2. The largest absolute Gasteiger partial charge is 0.328 e. The lowest BCUT2D eigenvalue weighted by atomic mass is 10.1. The number of fused-ring (bicyclic) bond motifs is 1. The molecule has 0 aliphatic carbocycles. The van der Waals surface area contributed by atoms with Crippen molar-refractivity contribution in [2.24, 2.45) is 0 Å². The Labute approximate surface area is 189 Å². The maximum absolute atomic E-state index is 14.3. The van der Waals surface area contributed by atoms with Crippen molar-refractivity contribution in [1.29, 1.82) is 5.26 Å². The number of nitriles is 1. The zero-order valence-electron chi connectivity index (χ0n) is 18.0. The quantitative estimate of drug-likeness (QED) is 0.459. The fourth-order valence-electron chi connectivity index (χ4n) is 3.74. The van der Waals surface area contributed by atoms with Gasteiger partial charge in [0, 0.05) is 32.6 Å². The van der Waals surface area contributed by atoms with E-state index in [1.165, 1.54) is 35.5 Å². The average molecular weight is 445 g/mol. The standard InChI is InChI=1S/C23H20FN7O2/c1-29-19-5-3-4-6-20(19)30(2)23(29)16(12-25)21(32)9-10-22(33)28-15-7-8-18(17(24)11-15)31-14-26-13-27-31/h3-8,11,13-14H,9-10H2,1-2H3,(H,28,33). The van der Waals surface area contributed by atoms with Crippen LogP contribution in [-0.2, 0) is 9.59 Å². The summed E-state index contributed by atoms with van der Waals surface area (Å²) in [6.07, 6.45) is 2.35.